The molecule has 0 aliphatic heterocycles. The van der Waals surface area contributed by atoms with Crippen LogP contribution in [0.25, 0.3) is 0 Å². The minimum absolute atomic E-state index is 0.0174. The lowest BCUT2D eigenvalue weighted by Gasteiger charge is -2.04. The van der Waals surface area contributed by atoms with Crippen molar-refractivity contribution in [1.82, 2.24) is 19.9 Å². The highest BCUT2D eigenvalue weighted by Crippen LogP contribution is 2.33. The van der Waals surface area contributed by atoms with Gasteiger partial charge in [-0.2, -0.15) is 5.10 Å². The first kappa shape index (κ1) is 14.7. The van der Waals surface area contributed by atoms with Crippen molar-refractivity contribution in [3.05, 3.63) is 26.9 Å². The van der Waals surface area contributed by atoms with Crippen molar-refractivity contribution in [2.24, 2.45) is 0 Å². The van der Waals surface area contributed by atoms with Gasteiger partial charge in [-0.05, 0) is 12.5 Å². The lowest BCUT2D eigenvalue weighted by atomic mass is 10.3. The highest BCUT2D eigenvalue weighted by molar-refractivity contribution is 7.89. The molecular weight excluding hydrogens is 331 g/mol. The normalized spacial score (nSPS) is 11.9. The third-order valence-electron chi connectivity index (χ3n) is 2.26. The number of halogens is 2. The van der Waals surface area contributed by atoms with Gasteiger partial charge >= 0.3 is 0 Å². The van der Waals surface area contributed by atoms with Crippen molar-refractivity contribution in [2.75, 3.05) is 6.54 Å². The van der Waals surface area contributed by atoms with Crippen molar-refractivity contribution in [3.63, 3.8) is 0 Å². The maximum Gasteiger partial charge on any atom is 0.242 e. The van der Waals surface area contributed by atoms with Crippen LogP contribution in [0.1, 0.15) is 12.2 Å². The Hall–Kier alpha value is -0.670. The molecule has 0 aliphatic carbocycles. The summed E-state index contributed by atoms with van der Waals surface area (Å²) in [6.45, 7) is 0.285. The van der Waals surface area contributed by atoms with Crippen molar-refractivity contribution in [3.8, 4) is 0 Å². The second-order valence-corrected chi connectivity index (χ2v) is 7.64. The van der Waals surface area contributed by atoms with Gasteiger partial charge in [-0.15, -0.1) is 11.3 Å². The minimum atomic E-state index is -3.61. The first-order chi connectivity index (χ1) is 8.99. The molecule has 19 heavy (non-hydrogen) atoms. The molecule has 0 saturated carbocycles. The molecule has 0 bridgehead atoms. The van der Waals surface area contributed by atoms with Crippen LogP contribution in [-0.2, 0) is 16.4 Å². The molecule has 0 spiro atoms. The number of nitrogens with one attached hydrogen (secondary N) is 2. The molecule has 0 atom stereocenters. The van der Waals surface area contributed by atoms with E-state index in [1.54, 1.807) is 0 Å². The molecule has 10 heteroatoms. The number of hydrogen-bond donors (Lipinski definition) is 2. The third-order valence-corrected chi connectivity index (χ3v) is 5.48. The Balaban J connectivity index is 1.89. The number of nitrogens with zero attached hydrogens (tertiary/aromatic N) is 2. The zero-order valence-electron chi connectivity index (χ0n) is 9.56. The van der Waals surface area contributed by atoms with E-state index in [1.807, 2.05) is 0 Å². The SMILES string of the molecule is O=S(=O)(NCCCc1ncn[nH]1)c1cc(Cl)sc1Cl. The van der Waals surface area contributed by atoms with Crippen LogP contribution in [0, 0.1) is 0 Å². The molecule has 0 saturated heterocycles. The number of aryl methyl sites for hydroxylation is 1. The van der Waals surface area contributed by atoms with Gasteiger partial charge in [0.05, 0.1) is 4.34 Å². The van der Waals surface area contributed by atoms with Gasteiger partial charge in [0.2, 0.25) is 10.0 Å². The molecule has 0 radical (unpaired) electrons. The van der Waals surface area contributed by atoms with Gasteiger partial charge in [-0.3, -0.25) is 5.10 Å². The van der Waals surface area contributed by atoms with Gasteiger partial charge in [0, 0.05) is 13.0 Å². The molecule has 104 valence electrons. The zero-order valence-corrected chi connectivity index (χ0v) is 12.7. The summed E-state index contributed by atoms with van der Waals surface area (Å²) >= 11 is 12.6. The molecule has 2 N–H and O–H groups in total. The predicted octanol–water partition coefficient (Wildman–Crippen LogP) is 2.08. The Morgan fingerprint density at radius 3 is 2.79 bits per heavy atom. The van der Waals surface area contributed by atoms with Crippen LogP contribution in [0.2, 0.25) is 8.67 Å². The van der Waals surface area contributed by atoms with Crippen molar-refractivity contribution in [2.45, 2.75) is 17.7 Å². The summed E-state index contributed by atoms with van der Waals surface area (Å²) in [5.41, 5.74) is 0. The Bertz CT molecular complexity index is 639. The molecule has 0 unspecified atom stereocenters. The summed E-state index contributed by atoms with van der Waals surface area (Å²) in [5, 5.41) is 6.41. The van der Waals surface area contributed by atoms with Crippen LogP contribution in [0.5, 0.6) is 0 Å². The van der Waals surface area contributed by atoms with E-state index in [1.165, 1.54) is 12.4 Å². The maximum absolute atomic E-state index is 11.9. The third kappa shape index (κ3) is 3.90. The van der Waals surface area contributed by atoms with Crippen LogP contribution in [-0.4, -0.2) is 30.1 Å². The van der Waals surface area contributed by atoms with E-state index in [4.69, 9.17) is 23.2 Å². The van der Waals surface area contributed by atoms with Gasteiger partial charge in [0.25, 0.3) is 0 Å². The van der Waals surface area contributed by atoms with Crippen LogP contribution < -0.4 is 4.72 Å². The lowest BCUT2D eigenvalue weighted by Crippen LogP contribution is -2.25. The van der Waals surface area contributed by atoms with E-state index in [2.05, 4.69) is 19.9 Å². The molecular formula is C9H10Cl2N4O2S2. The number of sulfonamides is 1. The summed E-state index contributed by atoms with van der Waals surface area (Å²) < 4.78 is 26.9. The molecule has 2 heterocycles. The molecule has 0 amide bonds. The van der Waals surface area contributed by atoms with Gasteiger partial charge in [-0.25, -0.2) is 18.1 Å². The van der Waals surface area contributed by atoms with Gasteiger partial charge in [0.15, 0.2) is 0 Å². The fourth-order valence-electron chi connectivity index (χ4n) is 1.40. The Morgan fingerprint density at radius 2 is 2.21 bits per heavy atom. The number of hydrogen-bond acceptors (Lipinski definition) is 5. The van der Waals surface area contributed by atoms with E-state index in [0.717, 1.165) is 17.2 Å². The van der Waals surface area contributed by atoms with E-state index < -0.39 is 10.0 Å². The lowest BCUT2D eigenvalue weighted by molar-refractivity contribution is 0.578. The molecule has 2 rings (SSSR count). The van der Waals surface area contributed by atoms with E-state index in [0.29, 0.717) is 17.2 Å². The average molecular weight is 341 g/mol. The molecule has 2 aromatic rings. The second kappa shape index (κ2) is 6.19. The quantitative estimate of drug-likeness (QED) is 0.788. The standard InChI is InChI=1S/C9H10Cl2N4O2S2/c10-7-4-6(9(11)18-7)19(16,17)14-3-1-2-8-12-5-13-15-8/h4-5,14H,1-3H2,(H,12,13,15). The first-order valence-electron chi connectivity index (χ1n) is 5.28. The van der Waals surface area contributed by atoms with Gasteiger partial charge in [0.1, 0.15) is 21.4 Å². The van der Waals surface area contributed by atoms with Gasteiger partial charge in [-0.1, -0.05) is 23.2 Å². The topological polar surface area (TPSA) is 87.7 Å². The summed E-state index contributed by atoms with van der Waals surface area (Å²) in [4.78, 5) is 3.96. The molecule has 0 fully saturated rings. The van der Waals surface area contributed by atoms with E-state index >= 15 is 0 Å². The Labute approximate surface area is 124 Å². The van der Waals surface area contributed by atoms with Crippen LogP contribution in [0.4, 0.5) is 0 Å². The highest BCUT2D eigenvalue weighted by atomic mass is 35.5. The Kier molecular flexibility index (Phi) is 4.80. The summed E-state index contributed by atoms with van der Waals surface area (Å²) in [6.07, 6.45) is 2.62. The summed E-state index contributed by atoms with van der Waals surface area (Å²) in [6, 6.07) is 1.34. The second-order valence-electron chi connectivity index (χ2n) is 3.62. The monoisotopic (exact) mass is 340 g/mol. The maximum atomic E-state index is 11.9. The van der Waals surface area contributed by atoms with Crippen LogP contribution >= 0.6 is 34.5 Å². The van der Waals surface area contributed by atoms with Crippen molar-refractivity contribution in [1.29, 1.82) is 0 Å². The molecule has 0 aromatic carbocycles. The highest BCUT2D eigenvalue weighted by Gasteiger charge is 2.20. The molecule has 2 aromatic heterocycles. The first-order valence-corrected chi connectivity index (χ1v) is 8.33. The van der Waals surface area contributed by atoms with Crippen LogP contribution in [0.3, 0.4) is 0 Å². The fourth-order valence-corrected chi connectivity index (χ4v) is 4.62. The van der Waals surface area contributed by atoms with Crippen molar-refractivity contribution < 1.29 is 8.42 Å². The largest absolute Gasteiger partial charge is 0.263 e. The van der Waals surface area contributed by atoms with E-state index in [9.17, 15) is 8.42 Å². The number of aromatic amines is 1. The predicted molar refractivity (Wildman–Crippen MR) is 74.2 cm³/mol. The number of thiophene rings is 1. The summed E-state index contributed by atoms with van der Waals surface area (Å²) in [7, 11) is -3.61. The zero-order chi connectivity index (χ0) is 13.9. The summed E-state index contributed by atoms with van der Waals surface area (Å²) in [5.74, 6) is 0.718. The Morgan fingerprint density at radius 1 is 1.42 bits per heavy atom. The molecule has 0 aliphatic rings. The minimum Gasteiger partial charge on any atom is -0.263 e. The number of rotatable bonds is 6. The fraction of sp³-hybridized carbons (Fsp3) is 0.333. The number of H-pyrrole nitrogens is 1. The number of aromatic nitrogens is 3. The van der Waals surface area contributed by atoms with Crippen molar-refractivity contribution >= 4 is 44.6 Å². The van der Waals surface area contributed by atoms with Crippen LogP contribution in [0.15, 0.2) is 17.3 Å². The average Bonchev–Trinajstić information content (AvgIpc) is 2.94. The molecule has 6 nitrogen and oxygen atoms in total. The van der Waals surface area contributed by atoms with E-state index in [-0.39, 0.29) is 15.8 Å². The van der Waals surface area contributed by atoms with Gasteiger partial charge < -0.3 is 0 Å². The smallest absolute Gasteiger partial charge is 0.242 e.